The highest BCUT2D eigenvalue weighted by molar-refractivity contribution is 5.91. The van der Waals surface area contributed by atoms with Gasteiger partial charge in [-0.3, -0.25) is 9.88 Å². The molecule has 15 heavy (non-hydrogen) atoms. The zero-order valence-electron chi connectivity index (χ0n) is 9.40. The lowest BCUT2D eigenvalue weighted by Crippen LogP contribution is -2.43. The van der Waals surface area contributed by atoms with Crippen LogP contribution in [-0.4, -0.2) is 23.6 Å². The van der Waals surface area contributed by atoms with Crippen LogP contribution in [0.4, 0.5) is 10.5 Å². The number of hydrogen-bond donors (Lipinski definition) is 1. The van der Waals surface area contributed by atoms with Crippen molar-refractivity contribution < 1.29 is 4.79 Å². The van der Waals surface area contributed by atoms with Gasteiger partial charge in [-0.05, 0) is 32.9 Å². The topological polar surface area (TPSA) is 45.2 Å². The average Bonchev–Trinajstić information content (AvgIpc) is 2.19. The molecule has 0 bridgehead atoms. The highest BCUT2D eigenvalue weighted by Crippen LogP contribution is 2.11. The predicted octanol–water partition coefficient (Wildman–Crippen LogP) is 2.03. The van der Waals surface area contributed by atoms with E-state index >= 15 is 0 Å². The van der Waals surface area contributed by atoms with Crippen LogP contribution in [0.5, 0.6) is 0 Å². The van der Waals surface area contributed by atoms with Crippen molar-refractivity contribution in [2.24, 2.45) is 0 Å². The maximum Gasteiger partial charge on any atom is 0.322 e. The van der Waals surface area contributed by atoms with Gasteiger partial charge in [-0.25, -0.2) is 4.79 Å². The van der Waals surface area contributed by atoms with Gasteiger partial charge >= 0.3 is 6.03 Å². The van der Waals surface area contributed by atoms with Crippen molar-refractivity contribution in [1.82, 2.24) is 10.3 Å². The summed E-state index contributed by atoms with van der Waals surface area (Å²) in [5, 5.41) is 2.86. The Hall–Kier alpha value is -1.58. The zero-order valence-corrected chi connectivity index (χ0v) is 9.40. The van der Waals surface area contributed by atoms with Crippen LogP contribution in [0.25, 0.3) is 0 Å². The van der Waals surface area contributed by atoms with E-state index in [0.29, 0.717) is 6.54 Å². The Morgan fingerprint density at radius 2 is 2.07 bits per heavy atom. The molecule has 2 amide bonds. The molecule has 4 nitrogen and oxygen atoms in total. The van der Waals surface area contributed by atoms with E-state index in [4.69, 9.17) is 0 Å². The van der Waals surface area contributed by atoms with Crippen molar-refractivity contribution >= 4 is 11.7 Å². The molecule has 0 radical (unpaired) electrons. The number of pyridine rings is 1. The first-order valence-electron chi connectivity index (χ1n) is 5.13. The van der Waals surface area contributed by atoms with Crippen LogP contribution in [0.15, 0.2) is 24.5 Å². The van der Waals surface area contributed by atoms with Gasteiger partial charge in [-0.2, -0.15) is 0 Å². The molecule has 0 aliphatic heterocycles. The first-order chi connectivity index (χ1) is 7.15. The second-order valence-electron chi connectivity index (χ2n) is 3.55. The normalized spacial score (nSPS) is 10.1. The van der Waals surface area contributed by atoms with Gasteiger partial charge in [0.1, 0.15) is 0 Å². The minimum absolute atomic E-state index is 0.0706. The quantitative estimate of drug-likeness (QED) is 0.824. The lowest BCUT2D eigenvalue weighted by molar-refractivity contribution is 0.244. The molecule has 4 heteroatoms. The first-order valence-corrected chi connectivity index (χ1v) is 5.13. The maximum absolute atomic E-state index is 11.8. The van der Waals surface area contributed by atoms with Crippen molar-refractivity contribution in [3.05, 3.63) is 24.5 Å². The fourth-order valence-electron chi connectivity index (χ4n) is 1.29. The number of anilines is 1. The number of amides is 2. The fourth-order valence-corrected chi connectivity index (χ4v) is 1.29. The number of nitrogens with one attached hydrogen (secondary N) is 1. The maximum atomic E-state index is 11.8. The molecule has 0 aliphatic rings. The Bertz CT molecular complexity index is 311. The third-order valence-corrected chi connectivity index (χ3v) is 1.95. The minimum Gasteiger partial charge on any atom is -0.336 e. The number of carbonyl (C=O) groups excluding carboxylic acids is 1. The van der Waals surface area contributed by atoms with Crippen molar-refractivity contribution in [2.75, 3.05) is 11.4 Å². The Balaban J connectivity index is 2.76. The lowest BCUT2D eigenvalue weighted by atomic mass is 10.3. The summed E-state index contributed by atoms with van der Waals surface area (Å²) in [7, 11) is 0. The molecule has 0 saturated heterocycles. The number of nitrogens with zero attached hydrogens (tertiary/aromatic N) is 2. The third kappa shape index (κ3) is 3.23. The molecular weight excluding hydrogens is 190 g/mol. The molecular formula is C11H17N3O. The molecule has 0 spiro atoms. The monoisotopic (exact) mass is 207 g/mol. The molecule has 0 atom stereocenters. The van der Waals surface area contributed by atoms with E-state index in [2.05, 4.69) is 10.3 Å². The van der Waals surface area contributed by atoms with Gasteiger partial charge in [-0.1, -0.05) is 0 Å². The first kappa shape index (κ1) is 11.5. The van der Waals surface area contributed by atoms with Gasteiger partial charge in [0.15, 0.2) is 0 Å². The summed E-state index contributed by atoms with van der Waals surface area (Å²) in [5.41, 5.74) is 0.866. The molecule has 1 rings (SSSR count). The molecule has 0 saturated carbocycles. The summed E-state index contributed by atoms with van der Waals surface area (Å²) in [6, 6.07) is 3.72. The summed E-state index contributed by atoms with van der Waals surface area (Å²) < 4.78 is 0. The third-order valence-electron chi connectivity index (χ3n) is 1.95. The highest BCUT2D eigenvalue weighted by Gasteiger charge is 2.13. The van der Waals surface area contributed by atoms with Gasteiger partial charge < -0.3 is 5.32 Å². The van der Waals surface area contributed by atoms with Gasteiger partial charge in [0.05, 0.1) is 0 Å². The van der Waals surface area contributed by atoms with E-state index in [0.717, 1.165) is 5.69 Å². The Morgan fingerprint density at radius 1 is 1.47 bits per heavy atom. The van der Waals surface area contributed by atoms with Crippen LogP contribution in [-0.2, 0) is 0 Å². The Morgan fingerprint density at radius 3 is 2.53 bits per heavy atom. The summed E-state index contributed by atoms with van der Waals surface area (Å²) in [6.07, 6.45) is 3.36. The SMILES string of the molecule is CCN(C(=O)NC(C)C)c1ccncc1. The predicted molar refractivity (Wildman–Crippen MR) is 60.9 cm³/mol. The van der Waals surface area contributed by atoms with Crippen LogP contribution >= 0.6 is 0 Å². The molecule has 0 aliphatic carbocycles. The summed E-state index contributed by atoms with van der Waals surface area (Å²) in [6.45, 7) is 6.47. The van der Waals surface area contributed by atoms with Gasteiger partial charge in [0, 0.05) is 30.7 Å². The molecule has 0 unspecified atom stereocenters. The van der Waals surface area contributed by atoms with Gasteiger partial charge in [0.25, 0.3) is 0 Å². The molecule has 0 fully saturated rings. The summed E-state index contributed by atoms with van der Waals surface area (Å²) in [5.74, 6) is 0. The smallest absolute Gasteiger partial charge is 0.322 e. The van der Waals surface area contributed by atoms with E-state index in [1.165, 1.54) is 0 Å². The Labute approximate surface area is 90.3 Å². The van der Waals surface area contributed by atoms with Crippen molar-refractivity contribution in [3.63, 3.8) is 0 Å². The van der Waals surface area contributed by atoms with E-state index in [1.807, 2.05) is 32.9 Å². The minimum atomic E-state index is -0.0706. The fraction of sp³-hybridized carbons (Fsp3) is 0.455. The van der Waals surface area contributed by atoms with Crippen LogP contribution in [0.1, 0.15) is 20.8 Å². The standard InChI is InChI=1S/C11H17N3O/c1-4-14(11(15)13-9(2)3)10-5-7-12-8-6-10/h5-9H,4H2,1-3H3,(H,13,15). The second-order valence-corrected chi connectivity index (χ2v) is 3.55. The van der Waals surface area contributed by atoms with Gasteiger partial charge in [0.2, 0.25) is 0 Å². The van der Waals surface area contributed by atoms with E-state index < -0.39 is 0 Å². The summed E-state index contributed by atoms with van der Waals surface area (Å²) >= 11 is 0. The number of rotatable bonds is 3. The van der Waals surface area contributed by atoms with Crippen LogP contribution in [0.2, 0.25) is 0 Å². The van der Waals surface area contributed by atoms with E-state index in [1.54, 1.807) is 17.3 Å². The molecule has 0 aromatic carbocycles. The molecule has 1 aromatic rings. The summed E-state index contributed by atoms with van der Waals surface area (Å²) in [4.78, 5) is 17.4. The van der Waals surface area contributed by atoms with Crippen molar-refractivity contribution in [3.8, 4) is 0 Å². The van der Waals surface area contributed by atoms with Crippen LogP contribution in [0.3, 0.4) is 0 Å². The largest absolute Gasteiger partial charge is 0.336 e. The Kier molecular flexibility index (Phi) is 4.09. The number of aromatic nitrogens is 1. The van der Waals surface area contributed by atoms with Crippen molar-refractivity contribution in [1.29, 1.82) is 0 Å². The van der Waals surface area contributed by atoms with Crippen LogP contribution in [0, 0.1) is 0 Å². The number of hydrogen-bond acceptors (Lipinski definition) is 2. The highest BCUT2D eigenvalue weighted by atomic mass is 16.2. The number of carbonyl (C=O) groups is 1. The van der Waals surface area contributed by atoms with Crippen molar-refractivity contribution in [2.45, 2.75) is 26.8 Å². The molecule has 1 aromatic heterocycles. The second kappa shape index (κ2) is 5.34. The van der Waals surface area contributed by atoms with Crippen LogP contribution < -0.4 is 10.2 Å². The average molecular weight is 207 g/mol. The number of urea groups is 1. The molecule has 1 heterocycles. The van der Waals surface area contributed by atoms with Gasteiger partial charge in [-0.15, -0.1) is 0 Å². The zero-order chi connectivity index (χ0) is 11.3. The molecule has 82 valence electrons. The van der Waals surface area contributed by atoms with E-state index in [9.17, 15) is 4.79 Å². The van der Waals surface area contributed by atoms with E-state index in [-0.39, 0.29) is 12.1 Å². The molecule has 1 N–H and O–H groups in total. The lowest BCUT2D eigenvalue weighted by Gasteiger charge is -2.22.